The largest absolute Gasteiger partial charge is 0.300 e. The number of ketones is 1. The highest BCUT2D eigenvalue weighted by atomic mass is 16.1. The third-order valence-corrected chi connectivity index (χ3v) is 3.64. The molecule has 0 amide bonds. The summed E-state index contributed by atoms with van der Waals surface area (Å²) < 4.78 is 0. The van der Waals surface area contributed by atoms with Crippen molar-refractivity contribution in [2.24, 2.45) is 5.92 Å². The van der Waals surface area contributed by atoms with E-state index >= 15 is 0 Å². The molecule has 0 saturated heterocycles. The van der Waals surface area contributed by atoms with Crippen LogP contribution in [0.3, 0.4) is 0 Å². The fourth-order valence-electron chi connectivity index (χ4n) is 1.88. The first-order valence-corrected chi connectivity index (χ1v) is 8.78. The first-order chi connectivity index (χ1) is 10.3. The normalized spacial score (nSPS) is 13.1. The van der Waals surface area contributed by atoms with Gasteiger partial charge in [-0.15, -0.1) is 0 Å². The van der Waals surface area contributed by atoms with Gasteiger partial charge in [-0.2, -0.15) is 0 Å². The molecule has 0 spiro atoms. The number of carbonyl (C=O) groups excluding carboxylic acids is 1. The molecule has 0 saturated carbocycles. The molecule has 0 aliphatic carbocycles. The third-order valence-electron chi connectivity index (χ3n) is 3.64. The van der Waals surface area contributed by atoms with Gasteiger partial charge in [0.2, 0.25) is 0 Å². The summed E-state index contributed by atoms with van der Waals surface area (Å²) in [6.45, 7) is 16.4. The van der Waals surface area contributed by atoms with E-state index in [2.05, 4.69) is 45.9 Å². The maximum atomic E-state index is 11.2. The van der Waals surface area contributed by atoms with Crippen LogP contribution in [0, 0.1) is 5.92 Å². The van der Waals surface area contributed by atoms with Crippen molar-refractivity contribution >= 4 is 5.78 Å². The minimum absolute atomic E-state index is 0.159. The lowest BCUT2D eigenvalue weighted by Gasteiger charge is -2.05. The molecule has 0 aromatic carbocycles. The highest BCUT2D eigenvalue weighted by Gasteiger charge is 2.04. The molecule has 0 radical (unpaired) electrons. The van der Waals surface area contributed by atoms with Gasteiger partial charge in [0.15, 0.2) is 0 Å². The third kappa shape index (κ3) is 15.3. The van der Waals surface area contributed by atoms with Crippen LogP contribution < -0.4 is 0 Å². The summed E-state index contributed by atoms with van der Waals surface area (Å²) in [6.07, 6.45) is 12.3. The highest BCUT2D eigenvalue weighted by molar-refractivity contribution is 5.77. The van der Waals surface area contributed by atoms with E-state index in [1.807, 2.05) is 20.8 Å². The van der Waals surface area contributed by atoms with Gasteiger partial charge < -0.3 is 0 Å². The Labute approximate surface area is 139 Å². The predicted octanol–water partition coefficient (Wildman–Crippen LogP) is 7.05. The molecule has 0 N–H and O–H groups in total. The first kappa shape index (κ1) is 23.2. The predicted molar refractivity (Wildman–Crippen MR) is 101 cm³/mol. The molecule has 0 aliphatic heterocycles. The van der Waals surface area contributed by atoms with Crippen molar-refractivity contribution in [3.05, 3.63) is 34.9 Å². The first-order valence-electron chi connectivity index (χ1n) is 8.78. The van der Waals surface area contributed by atoms with Gasteiger partial charge in [-0.05, 0) is 66.7 Å². The smallest absolute Gasteiger partial charge is 0.132 e. The van der Waals surface area contributed by atoms with Gasteiger partial charge in [-0.25, -0.2) is 0 Å². The number of rotatable bonds is 9. The minimum atomic E-state index is 0.159. The molecule has 0 bridgehead atoms. The molecule has 0 aromatic heterocycles. The summed E-state index contributed by atoms with van der Waals surface area (Å²) in [5.41, 5.74) is 4.27. The summed E-state index contributed by atoms with van der Waals surface area (Å²) in [7, 11) is 0. The molecular formula is C21H38O. The number of carbonyl (C=O) groups is 1. The van der Waals surface area contributed by atoms with Gasteiger partial charge in [-0.1, -0.05) is 55.7 Å². The van der Waals surface area contributed by atoms with E-state index in [4.69, 9.17) is 0 Å². The Balaban J connectivity index is 0. The molecule has 1 atom stereocenters. The SMILES string of the molecule is CC.CC(=O)C(C)C/C=C(\C)CC/C=C(\C)CCC=C(C)C. The maximum absolute atomic E-state index is 11.2. The molecular weight excluding hydrogens is 268 g/mol. The molecule has 0 rings (SSSR count). The van der Waals surface area contributed by atoms with Crippen LogP contribution in [0.5, 0.6) is 0 Å². The number of hydrogen-bond donors (Lipinski definition) is 0. The maximum Gasteiger partial charge on any atom is 0.132 e. The van der Waals surface area contributed by atoms with E-state index < -0.39 is 0 Å². The van der Waals surface area contributed by atoms with Crippen LogP contribution in [-0.4, -0.2) is 5.78 Å². The molecule has 128 valence electrons. The lowest BCUT2D eigenvalue weighted by Crippen LogP contribution is -2.04. The molecule has 0 fully saturated rings. The number of hydrogen-bond acceptors (Lipinski definition) is 1. The molecule has 0 aliphatic rings. The molecule has 0 aromatic rings. The van der Waals surface area contributed by atoms with Crippen molar-refractivity contribution in [1.29, 1.82) is 0 Å². The molecule has 1 unspecified atom stereocenters. The van der Waals surface area contributed by atoms with E-state index in [0.29, 0.717) is 0 Å². The average molecular weight is 307 g/mol. The summed E-state index contributed by atoms with van der Waals surface area (Å²) in [6, 6.07) is 0. The van der Waals surface area contributed by atoms with Crippen LogP contribution in [0.4, 0.5) is 0 Å². The van der Waals surface area contributed by atoms with Crippen molar-refractivity contribution in [3.8, 4) is 0 Å². The second-order valence-corrected chi connectivity index (χ2v) is 6.21. The molecule has 22 heavy (non-hydrogen) atoms. The monoisotopic (exact) mass is 306 g/mol. The van der Waals surface area contributed by atoms with E-state index in [-0.39, 0.29) is 11.7 Å². The Kier molecular flexibility index (Phi) is 15.6. The Bertz CT molecular complexity index is 379. The number of allylic oxidation sites excluding steroid dienone is 6. The Morgan fingerprint density at radius 2 is 1.27 bits per heavy atom. The topological polar surface area (TPSA) is 17.1 Å². The van der Waals surface area contributed by atoms with Crippen molar-refractivity contribution in [1.82, 2.24) is 0 Å². The van der Waals surface area contributed by atoms with E-state index in [0.717, 1.165) is 32.1 Å². The van der Waals surface area contributed by atoms with Gasteiger partial charge in [0.25, 0.3) is 0 Å². The van der Waals surface area contributed by atoms with Crippen molar-refractivity contribution < 1.29 is 4.79 Å². The zero-order chi connectivity index (χ0) is 17.5. The van der Waals surface area contributed by atoms with Crippen molar-refractivity contribution in [2.75, 3.05) is 0 Å². The zero-order valence-electron chi connectivity index (χ0n) is 16.3. The van der Waals surface area contributed by atoms with E-state index in [9.17, 15) is 4.79 Å². The van der Waals surface area contributed by atoms with Crippen LogP contribution in [0.15, 0.2) is 34.9 Å². The fourth-order valence-corrected chi connectivity index (χ4v) is 1.88. The number of Topliss-reactive ketones (excluding diaryl/α,β-unsaturated/α-hetero) is 1. The quantitative estimate of drug-likeness (QED) is 0.417. The Morgan fingerprint density at radius 3 is 1.73 bits per heavy atom. The van der Waals surface area contributed by atoms with Crippen molar-refractivity contribution in [2.45, 2.75) is 87.5 Å². The van der Waals surface area contributed by atoms with Crippen LogP contribution in [0.1, 0.15) is 87.5 Å². The minimum Gasteiger partial charge on any atom is -0.300 e. The lowest BCUT2D eigenvalue weighted by atomic mass is 10.0. The van der Waals surface area contributed by atoms with Gasteiger partial charge in [-0.3, -0.25) is 4.79 Å². The van der Waals surface area contributed by atoms with Gasteiger partial charge >= 0.3 is 0 Å². The van der Waals surface area contributed by atoms with Crippen LogP contribution >= 0.6 is 0 Å². The summed E-state index contributed by atoms with van der Waals surface area (Å²) in [4.78, 5) is 11.2. The van der Waals surface area contributed by atoms with Crippen LogP contribution in [0.2, 0.25) is 0 Å². The zero-order valence-corrected chi connectivity index (χ0v) is 16.3. The molecule has 1 heteroatoms. The van der Waals surface area contributed by atoms with Crippen molar-refractivity contribution in [3.63, 3.8) is 0 Å². The van der Waals surface area contributed by atoms with Crippen LogP contribution in [0.25, 0.3) is 0 Å². The standard InChI is InChI=1S/C19H32O.C2H6/c1-15(2)9-7-10-16(3)11-8-12-17(4)13-14-18(5)19(6)20;1-2/h9,11,13,18H,7-8,10,12,14H2,1-6H3;1-2H3/b16-11+,17-13+;. The van der Waals surface area contributed by atoms with Crippen LogP contribution in [-0.2, 0) is 4.79 Å². The van der Waals surface area contributed by atoms with Gasteiger partial charge in [0.1, 0.15) is 5.78 Å². The fraction of sp³-hybridized carbons (Fsp3) is 0.667. The van der Waals surface area contributed by atoms with E-state index in [1.165, 1.54) is 16.7 Å². The second-order valence-electron chi connectivity index (χ2n) is 6.21. The molecule has 0 heterocycles. The average Bonchev–Trinajstić information content (AvgIpc) is 2.46. The second kappa shape index (κ2) is 14.8. The summed E-state index contributed by atoms with van der Waals surface area (Å²) in [5.74, 6) is 0.440. The Morgan fingerprint density at radius 1 is 0.818 bits per heavy atom. The highest BCUT2D eigenvalue weighted by Crippen LogP contribution is 2.13. The van der Waals surface area contributed by atoms with E-state index in [1.54, 1.807) is 6.92 Å². The Hall–Kier alpha value is -1.11. The van der Waals surface area contributed by atoms with Gasteiger partial charge in [0, 0.05) is 5.92 Å². The summed E-state index contributed by atoms with van der Waals surface area (Å²) in [5, 5.41) is 0. The summed E-state index contributed by atoms with van der Waals surface area (Å²) >= 11 is 0. The lowest BCUT2D eigenvalue weighted by molar-refractivity contribution is -0.120. The molecule has 1 nitrogen and oxygen atoms in total. The van der Waals surface area contributed by atoms with Gasteiger partial charge in [0.05, 0.1) is 0 Å².